The van der Waals surface area contributed by atoms with Crippen LogP contribution < -0.4 is 10.6 Å². The number of carboxylic acid groups (broad SMARTS) is 1. The van der Waals surface area contributed by atoms with Crippen LogP contribution in [0.15, 0.2) is 6.33 Å². The van der Waals surface area contributed by atoms with Crippen molar-refractivity contribution in [1.82, 2.24) is 25.4 Å². The molecule has 1 fully saturated rings. The Morgan fingerprint density at radius 1 is 1.76 bits per heavy atom. The number of nitrogens with zero attached hydrogens (tertiary/aromatic N) is 3. The number of nitrogens with one attached hydrogen (secondary N) is 2. The molecule has 1 aliphatic rings. The van der Waals surface area contributed by atoms with Crippen molar-refractivity contribution in [3.8, 4) is 0 Å². The Kier molecular flexibility index (Phi) is 3.12. The topological polar surface area (TPSA) is 92.1 Å². The van der Waals surface area contributed by atoms with Crippen molar-refractivity contribution in [2.24, 2.45) is 7.05 Å². The van der Waals surface area contributed by atoms with E-state index in [-0.39, 0.29) is 18.0 Å². The second-order valence-electron chi connectivity index (χ2n) is 4.62. The average Bonchev–Trinajstić information content (AvgIpc) is 2.60. The summed E-state index contributed by atoms with van der Waals surface area (Å²) in [6.45, 7) is 3.30. The second-order valence-corrected chi connectivity index (χ2v) is 4.62. The SMILES string of the molecule is CC(NC1(CC(=O)O)CNC1)c1nncn1C. The molecule has 0 aliphatic carbocycles. The zero-order valence-corrected chi connectivity index (χ0v) is 9.97. The molecular weight excluding hydrogens is 222 g/mol. The number of rotatable bonds is 5. The van der Waals surface area contributed by atoms with Crippen LogP contribution in [0, 0.1) is 0 Å². The molecule has 7 nitrogen and oxygen atoms in total. The van der Waals surface area contributed by atoms with Crippen molar-refractivity contribution in [3.05, 3.63) is 12.2 Å². The number of carboxylic acids is 1. The lowest BCUT2D eigenvalue weighted by atomic mass is 9.87. The van der Waals surface area contributed by atoms with Gasteiger partial charge in [-0.2, -0.15) is 0 Å². The van der Waals surface area contributed by atoms with Gasteiger partial charge in [-0.25, -0.2) is 0 Å². The fourth-order valence-electron chi connectivity index (χ4n) is 2.20. The maximum Gasteiger partial charge on any atom is 0.305 e. The molecule has 17 heavy (non-hydrogen) atoms. The molecule has 0 aromatic carbocycles. The molecule has 94 valence electrons. The van der Waals surface area contributed by atoms with Crippen molar-refractivity contribution in [1.29, 1.82) is 0 Å². The van der Waals surface area contributed by atoms with E-state index >= 15 is 0 Å². The smallest absolute Gasteiger partial charge is 0.305 e. The van der Waals surface area contributed by atoms with Gasteiger partial charge in [0.1, 0.15) is 12.2 Å². The maximum atomic E-state index is 10.8. The van der Waals surface area contributed by atoms with Gasteiger partial charge in [0.05, 0.1) is 18.0 Å². The van der Waals surface area contributed by atoms with E-state index in [1.807, 2.05) is 18.5 Å². The van der Waals surface area contributed by atoms with Crippen molar-refractivity contribution in [3.63, 3.8) is 0 Å². The first-order chi connectivity index (χ1) is 8.02. The normalized spacial score (nSPS) is 19.6. The molecule has 1 aromatic heterocycles. The minimum absolute atomic E-state index is 0.0241. The van der Waals surface area contributed by atoms with Gasteiger partial charge >= 0.3 is 5.97 Å². The lowest BCUT2D eigenvalue weighted by Gasteiger charge is -2.44. The Morgan fingerprint density at radius 2 is 2.47 bits per heavy atom. The molecule has 7 heteroatoms. The lowest BCUT2D eigenvalue weighted by Crippen LogP contribution is -2.68. The standard InChI is InChI=1S/C10H17N5O2/c1-7(9-14-12-6-15(9)2)13-10(3-8(16)17)4-11-5-10/h6-7,11,13H,3-5H2,1-2H3,(H,16,17). The third-order valence-electron chi connectivity index (χ3n) is 3.07. The summed E-state index contributed by atoms with van der Waals surface area (Å²) in [7, 11) is 1.87. The summed E-state index contributed by atoms with van der Waals surface area (Å²) in [4.78, 5) is 10.8. The number of aromatic nitrogens is 3. The number of hydrogen-bond donors (Lipinski definition) is 3. The predicted octanol–water partition coefficient (Wildman–Crippen LogP) is -0.718. The van der Waals surface area contributed by atoms with Gasteiger partial charge in [0.2, 0.25) is 0 Å². The van der Waals surface area contributed by atoms with Crippen LogP contribution >= 0.6 is 0 Å². The van der Waals surface area contributed by atoms with Gasteiger partial charge in [0.25, 0.3) is 0 Å². The Bertz CT molecular complexity index is 413. The summed E-state index contributed by atoms with van der Waals surface area (Å²) < 4.78 is 1.83. The van der Waals surface area contributed by atoms with Crippen LogP contribution in [0.5, 0.6) is 0 Å². The van der Waals surface area contributed by atoms with Crippen LogP contribution in [0.2, 0.25) is 0 Å². The van der Waals surface area contributed by atoms with Crippen molar-refractivity contribution in [2.45, 2.75) is 24.9 Å². The molecule has 1 aromatic rings. The second kappa shape index (κ2) is 4.42. The fourth-order valence-corrected chi connectivity index (χ4v) is 2.20. The van der Waals surface area contributed by atoms with E-state index in [9.17, 15) is 4.79 Å². The number of aryl methyl sites for hydroxylation is 1. The molecule has 1 atom stereocenters. The largest absolute Gasteiger partial charge is 0.481 e. The molecule has 2 rings (SSSR count). The van der Waals surface area contributed by atoms with Gasteiger partial charge in [0, 0.05) is 20.1 Å². The molecule has 0 amide bonds. The highest BCUT2D eigenvalue weighted by molar-refractivity contribution is 5.68. The number of aliphatic carboxylic acids is 1. The van der Waals surface area contributed by atoms with E-state index in [2.05, 4.69) is 20.8 Å². The first-order valence-electron chi connectivity index (χ1n) is 5.56. The first kappa shape index (κ1) is 12.0. The third kappa shape index (κ3) is 2.45. The fraction of sp³-hybridized carbons (Fsp3) is 0.700. The van der Waals surface area contributed by atoms with Crippen LogP contribution in [0.1, 0.15) is 25.2 Å². The monoisotopic (exact) mass is 239 g/mol. The molecule has 1 unspecified atom stereocenters. The third-order valence-corrected chi connectivity index (χ3v) is 3.07. The van der Waals surface area contributed by atoms with Crippen molar-refractivity contribution < 1.29 is 9.90 Å². The van der Waals surface area contributed by atoms with Gasteiger partial charge in [0.15, 0.2) is 0 Å². The average molecular weight is 239 g/mol. The van der Waals surface area contributed by atoms with Crippen LogP contribution in [-0.2, 0) is 11.8 Å². The molecular formula is C10H17N5O2. The van der Waals surface area contributed by atoms with Gasteiger partial charge < -0.3 is 15.0 Å². The summed E-state index contributed by atoms with van der Waals surface area (Å²) in [5.74, 6) is 0.0193. The molecule has 0 bridgehead atoms. The van der Waals surface area contributed by atoms with Gasteiger partial charge in [-0.15, -0.1) is 10.2 Å². The highest BCUT2D eigenvalue weighted by atomic mass is 16.4. The summed E-state index contributed by atoms with van der Waals surface area (Å²) in [6, 6.07) is -0.0241. The van der Waals surface area contributed by atoms with E-state index in [4.69, 9.17) is 5.11 Å². The van der Waals surface area contributed by atoms with Crippen LogP contribution in [-0.4, -0.2) is 44.5 Å². The molecule has 3 N–H and O–H groups in total. The van der Waals surface area contributed by atoms with E-state index in [0.29, 0.717) is 13.1 Å². The number of hydrogen-bond acceptors (Lipinski definition) is 5. The number of carbonyl (C=O) groups is 1. The molecule has 1 saturated heterocycles. The molecule has 1 aliphatic heterocycles. The predicted molar refractivity (Wildman–Crippen MR) is 60.4 cm³/mol. The zero-order chi connectivity index (χ0) is 12.5. The van der Waals surface area contributed by atoms with Crippen LogP contribution in [0.3, 0.4) is 0 Å². The molecule has 2 heterocycles. The summed E-state index contributed by atoms with van der Waals surface area (Å²) >= 11 is 0. The summed E-state index contributed by atoms with van der Waals surface area (Å²) in [5.41, 5.74) is -0.364. The van der Waals surface area contributed by atoms with Crippen molar-refractivity contribution >= 4 is 5.97 Å². The molecule has 0 radical (unpaired) electrons. The van der Waals surface area contributed by atoms with Gasteiger partial charge in [-0.1, -0.05) is 0 Å². The Hall–Kier alpha value is -1.47. The van der Waals surface area contributed by atoms with E-state index in [0.717, 1.165) is 5.82 Å². The Morgan fingerprint density at radius 3 is 2.88 bits per heavy atom. The maximum absolute atomic E-state index is 10.8. The molecule has 0 spiro atoms. The van der Waals surface area contributed by atoms with Gasteiger partial charge in [-0.05, 0) is 6.92 Å². The quantitative estimate of drug-likeness (QED) is 0.628. The van der Waals surface area contributed by atoms with Crippen molar-refractivity contribution in [2.75, 3.05) is 13.1 Å². The van der Waals surface area contributed by atoms with E-state index in [1.54, 1.807) is 6.33 Å². The minimum Gasteiger partial charge on any atom is -0.481 e. The van der Waals surface area contributed by atoms with Crippen LogP contribution in [0.25, 0.3) is 0 Å². The lowest BCUT2D eigenvalue weighted by molar-refractivity contribution is -0.139. The van der Waals surface area contributed by atoms with Gasteiger partial charge in [-0.3, -0.25) is 10.1 Å². The first-order valence-corrected chi connectivity index (χ1v) is 5.56. The van der Waals surface area contributed by atoms with E-state index < -0.39 is 5.97 Å². The summed E-state index contributed by atoms with van der Waals surface area (Å²) in [6.07, 6.45) is 1.75. The highest BCUT2D eigenvalue weighted by Gasteiger charge is 2.40. The Labute approximate surface area is 99.2 Å². The highest BCUT2D eigenvalue weighted by Crippen LogP contribution is 2.21. The zero-order valence-electron chi connectivity index (χ0n) is 9.97. The van der Waals surface area contributed by atoms with Crippen LogP contribution in [0.4, 0.5) is 0 Å². The van der Waals surface area contributed by atoms with E-state index in [1.165, 1.54) is 0 Å². The minimum atomic E-state index is -0.788. The Balaban J connectivity index is 2.04. The summed E-state index contributed by atoms with van der Waals surface area (Å²) in [5, 5.41) is 23.2. The molecule has 0 saturated carbocycles.